The summed E-state index contributed by atoms with van der Waals surface area (Å²) in [7, 11) is 1.86. The van der Waals surface area contributed by atoms with Gasteiger partial charge >= 0.3 is 0 Å². The van der Waals surface area contributed by atoms with Crippen LogP contribution in [0.25, 0.3) is 0 Å². The lowest BCUT2D eigenvalue weighted by Crippen LogP contribution is -2.27. The molecule has 4 heteroatoms. The molecule has 3 aromatic carbocycles. The van der Waals surface area contributed by atoms with E-state index in [1.165, 1.54) is 5.56 Å². The third kappa shape index (κ3) is 5.48. The molecule has 0 aliphatic heterocycles. The average molecular weight is 410 g/mol. The summed E-state index contributed by atoms with van der Waals surface area (Å²) in [5.74, 6) is 0.159. The molecule has 4 aromatic rings. The summed E-state index contributed by atoms with van der Waals surface area (Å²) in [5.41, 5.74) is 4.55. The molecule has 0 saturated carbocycles. The highest BCUT2D eigenvalue weighted by molar-refractivity contribution is 5.77. The highest BCUT2D eigenvalue weighted by Crippen LogP contribution is 2.28. The van der Waals surface area contributed by atoms with Crippen molar-refractivity contribution in [3.63, 3.8) is 0 Å². The molecule has 1 aromatic heterocycles. The monoisotopic (exact) mass is 409 g/mol. The minimum Gasteiger partial charge on any atom is -0.341 e. The maximum absolute atomic E-state index is 13.1. The van der Waals surface area contributed by atoms with Gasteiger partial charge in [-0.15, -0.1) is 0 Å². The Bertz CT molecular complexity index is 1050. The highest BCUT2D eigenvalue weighted by Gasteiger charge is 2.20. The van der Waals surface area contributed by atoms with Gasteiger partial charge in [-0.25, -0.2) is 0 Å². The molecule has 31 heavy (non-hydrogen) atoms. The van der Waals surface area contributed by atoms with Gasteiger partial charge < -0.3 is 4.90 Å². The van der Waals surface area contributed by atoms with E-state index in [1.54, 1.807) is 4.90 Å². The molecule has 156 valence electrons. The average Bonchev–Trinajstić information content (AvgIpc) is 3.25. The van der Waals surface area contributed by atoms with E-state index in [4.69, 9.17) is 0 Å². The number of carbonyl (C=O) groups excluding carboxylic acids is 1. The molecule has 0 saturated heterocycles. The molecule has 0 aliphatic rings. The summed E-state index contributed by atoms with van der Waals surface area (Å²) in [5, 5.41) is 4.46. The molecule has 0 radical (unpaired) electrons. The summed E-state index contributed by atoms with van der Waals surface area (Å²) in [6.45, 7) is 1.27. The second-order valence-electron chi connectivity index (χ2n) is 7.86. The van der Waals surface area contributed by atoms with Gasteiger partial charge in [0.2, 0.25) is 5.91 Å². The molecule has 0 aliphatic carbocycles. The van der Waals surface area contributed by atoms with Crippen molar-refractivity contribution in [1.82, 2.24) is 14.7 Å². The van der Waals surface area contributed by atoms with Gasteiger partial charge in [0.15, 0.2) is 0 Å². The first kappa shape index (κ1) is 20.6. The standard InChI is InChI=1S/C27H27N3O/c1-29(19-23-18-28-30(21-23)20-22-11-5-2-6-12-22)27(31)17-26(24-13-7-3-8-14-24)25-15-9-4-10-16-25/h2-16,18,21,26H,17,19-20H2,1H3. The van der Waals surface area contributed by atoms with Crippen molar-refractivity contribution in [1.29, 1.82) is 0 Å². The van der Waals surface area contributed by atoms with Gasteiger partial charge in [-0.2, -0.15) is 5.10 Å². The lowest BCUT2D eigenvalue weighted by molar-refractivity contribution is -0.130. The number of benzene rings is 3. The summed E-state index contributed by atoms with van der Waals surface area (Å²) in [6, 6.07) is 30.8. The Labute approximate surface area is 183 Å². The van der Waals surface area contributed by atoms with Gasteiger partial charge in [-0.3, -0.25) is 9.48 Å². The van der Waals surface area contributed by atoms with Gasteiger partial charge in [-0.1, -0.05) is 91.0 Å². The van der Waals surface area contributed by atoms with Crippen LogP contribution in [0.15, 0.2) is 103 Å². The maximum Gasteiger partial charge on any atom is 0.223 e. The number of hydrogen-bond acceptors (Lipinski definition) is 2. The Morgan fingerprint density at radius 1 is 0.839 bits per heavy atom. The van der Waals surface area contributed by atoms with Crippen LogP contribution in [0, 0.1) is 0 Å². The topological polar surface area (TPSA) is 38.1 Å². The second kappa shape index (κ2) is 9.90. The fourth-order valence-electron chi connectivity index (χ4n) is 3.84. The number of hydrogen-bond donors (Lipinski definition) is 0. The number of rotatable bonds is 8. The van der Waals surface area contributed by atoms with Crippen molar-refractivity contribution < 1.29 is 4.79 Å². The van der Waals surface area contributed by atoms with Crippen LogP contribution < -0.4 is 0 Å². The molecule has 0 fully saturated rings. The summed E-state index contributed by atoms with van der Waals surface area (Å²) in [6.07, 6.45) is 4.30. The first-order chi connectivity index (χ1) is 15.2. The van der Waals surface area contributed by atoms with Crippen molar-refractivity contribution in [2.45, 2.75) is 25.4 Å². The third-order valence-electron chi connectivity index (χ3n) is 5.50. The Balaban J connectivity index is 1.42. The predicted octanol–water partition coefficient (Wildman–Crippen LogP) is 5.11. The van der Waals surface area contributed by atoms with Crippen molar-refractivity contribution >= 4 is 5.91 Å². The second-order valence-corrected chi connectivity index (χ2v) is 7.86. The molecule has 0 unspecified atom stereocenters. The molecule has 0 spiro atoms. The van der Waals surface area contributed by atoms with Crippen molar-refractivity contribution in [3.8, 4) is 0 Å². The van der Waals surface area contributed by atoms with Crippen molar-refractivity contribution in [2.75, 3.05) is 7.05 Å². The number of aromatic nitrogens is 2. The molecule has 0 N–H and O–H groups in total. The van der Waals surface area contributed by atoms with Crippen LogP contribution in [0.1, 0.15) is 34.6 Å². The zero-order valence-electron chi connectivity index (χ0n) is 17.8. The third-order valence-corrected chi connectivity index (χ3v) is 5.50. The van der Waals surface area contributed by atoms with Crippen LogP contribution in [-0.4, -0.2) is 27.6 Å². The fourth-order valence-corrected chi connectivity index (χ4v) is 3.84. The van der Waals surface area contributed by atoms with Gasteiger partial charge in [0, 0.05) is 37.7 Å². The number of nitrogens with zero attached hydrogens (tertiary/aromatic N) is 3. The summed E-state index contributed by atoms with van der Waals surface area (Å²) in [4.78, 5) is 14.9. The molecule has 0 bridgehead atoms. The van der Waals surface area contributed by atoms with Gasteiger partial charge in [0.05, 0.1) is 12.7 Å². The number of amides is 1. The molecule has 1 amide bonds. The van der Waals surface area contributed by atoms with Crippen LogP contribution in [0.2, 0.25) is 0 Å². The molecular weight excluding hydrogens is 382 g/mol. The number of carbonyl (C=O) groups is 1. The first-order valence-corrected chi connectivity index (χ1v) is 10.6. The van der Waals surface area contributed by atoms with E-state index in [9.17, 15) is 4.79 Å². The lowest BCUT2D eigenvalue weighted by Gasteiger charge is -2.22. The van der Waals surface area contributed by atoms with Crippen molar-refractivity contribution in [3.05, 3.63) is 126 Å². The smallest absolute Gasteiger partial charge is 0.223 e. The SMILES string of the molecule is CN(Cc1cnn(Cc2ccccc2)c1)C(=O)CC(c1ccccc1)c1ccccc1. The predicted molar refractivity (Wildman–Crippen MR) is 124 cm³/mol. The Morgan fingerprint density at radius 2 is 1.39 bits per heavy atom. The molecule has 1 heterocycles. The Morgan fingerprint density at radius 3 is 1.97 bits per heavy atom. The van der Waals surface area contributed by atoms with E-state index in [1.807, 2.05) is 78.7 Å². The minimum atomic E-state index is 0.0400. The van der Waals surface area contributed by atoms with E-state index < -0.39 is 0 Å². The quantitative estimate of drug-likeness (QED) is 0.405. The molecular formula is C27H27N3O. The Hall–Kier alpha value is -3.66. The van der Waals surface area contributed by atoms with Crippen molar-refractivity contribution in [2.24, 2.45) is 0 Å². The Kier molecular flexibility index (Phi) is 6.58. The van der Waals surface area contributed by atoms with Crippen LogP contribution in [0.3, 0.4) is 0 Å². The minimum absolute atomic E-state index is 0.0400. The van der Waals surface area contributed by atoms with Crippen LogP contribution in [0.5, 0.6) is 0 Å². The molecule has 4 rings (SSSR count). The van der Waals surface area contributed by atoms with E-state index in [0.29, 0.717) is 13.0 Å². The normalized spacial score (nSPS) is 10.9. The summed E-state index contributed by atoms with van der Waals surface area (Å²) < 4.78 is 1.92. The van der Waals surface area contributed by atoms with E-state index in [-0.39, 0.29) is 11.8 Å². The van der Waals surface area contributed by atoms with Crippen LogP contribution in [-0.2, 0) is 17.9 Å². The first-order valence-electron chi connectivity index (χ1n) is 10.6. The van der Waals surface area contributed by atoms with Gasteiger partial charge in [-0.05, 0) is 16.7 Å². The largest absolute Gasteiger partial charge is 0.341 e. The zero-order chi connectivity index (χ0) is 21.5. The molecule has 4 nitrogen and oxygen atoms in total. The van der Waals surface area contributed by atoms with Gasteiger partial charge in [0.1, 0.15) is 0 Å². The van der Waals surface area contributed by atoms with Gasteiger partial charge in [0.25, 0.3) is 0 Å². The lowest BCUT2D eigenvalue weighted by atomic mass is 9.88. The zero-order valence-corrected chi connectivity index (χ0v) is 17.8. The summed E-state index contributed by atoms with van der Waals surface area (Å²) >= 11 is 0. The fraction of sp³-hybridized carbons (Fsp3) is 0.185. The van der Waals surface area contributed by atoms with Crippen LogP contribution >= 0.6 is 0 Å². The van der Waals surface area contributed by atoms with E-state index in [2.05, 4.69) is 41.5 Å². The molecule has 0 atom stereocenters. The van der Waals surface area contributed by atoms with E-state index >= 15 is 0 Å². The highest BCUT2D eigenvalue weighted by atomic mass is 16.2. The maximum atomic E-state index is 13.1. The van der Waals surface area contributed by atoms with Crippen LogP contribution in [0.4, 0.5) is 0 Å². The van der Waals surface area contributed by atoms with E-state index in [0.717, 1.165) is 23.2 Å².